The van der Waals surface area contributed by atoms with E-state index in [9.17, 15) is 18.0 Å². The first-order valence-electron chi connectivity index (χ1n) is 11.6. The molecule has 0 aromatic carbocycles. The predicted octanol–water partition coefficient (Wildman–Crippen LogP) is 4.37. The first kappa shape index (κ1) is 24.9. The number of nitrogens with zero attached hydrogens (tertiary/aromatic N) is 5. The highest BCUT2D eigenvalue weighted by Gasteiger charge is 2.47. The van der Waals surface area contributed by atoms with E-state index in [-0.39, 0.29) is 36.3 Å². The summed E-state index contributed by atoms with van der Waals surface area (Å²) in [5.41, 5.74) is 0.621. The molecule has 0 bridgehead atoms. The van der Waals surface area contributed by atoms with Crippen molar-refractivity contribution in [1.29, 1.82) is 0 Å². The average Bonchev–Trinajstić information content (AvgIpc) is 2.81. The molecule has 2 unspecified atom stereocenters. The second-order valence-corrected chi connectivity index (χ2v) is 9.17. The van der Waals surface area contributed by atoms with Crippen molar-refractivity contribution in [2.75, 3.05) is 31.1 Å². The molecule has 2 saturated heterocycles. The van der Waals surface area contributed by atoms with Crippen LogP contribution in [0.15, 0.2) is 29.3 Å². The van der Waals surface area contributed by atoms with Crippen LogP contribution in [-0.2, 0) is 11.2 Å². The zero-order chi connectivity index (χ0) is 24.5. The van der Waals surface area contributed by atoms with Crippen LogP contribution in [0, 0.1) is 0 Å². The molecule has 7 nitrogen and oxygen atoms in total. The zero-order valence-corrected chi connectivity index (χ0v) is 20.0. The summed E-state index contributed by atoms with van der Waals surface area (Å²) in [6.45, 7) is 4.77. The zero-order valence-electron chi connectivity index (χ0n) is 19.3. The van der Waals surface area contributed by atoms with Crippen molar-refractivity contribution < 1.29 is 17.9 Å². The Morgan fingerprint density at radius 1 is 1.29 bits per heavy atom. The number of anilines is 1. The van der Waals surface area contributed by atoms with Crippen LogP contribution >= 0.6 is 11.6 Å². The molecule has 3 atom stereocenters. The van der Waals surface area contributed by atoms with Gasteiger partial charge in [-0.05, 0) is 44.2 Å². The van der Waals surface area contributed by atoms with Crippen LogP contribution in [0.3, 0.4) is 0 Å². The monoisotopic (exact) mass is 499 g/mol. The standard InChI is InChI=1S/C23H29ClF3N5O2/c1-3-17-16(7-6-9-28-17)21(23(25,26)27)30-10-11-31(15(2)14-30)18-13-29-32(22(33)20(18)24)19-8-4-5-12-34-19/h6-7,9,13,15,19,21H,3-5,8,10-12,14H2,1-2H3/t15-,19?,21?/m1/s1. The number of piperazine rings is 1. The van der Waals surface area contributed by atoms with Gasteiger partial charge in [0, 0.05) is 44.2 Å². The summed E-state index contributed by atoms with van der Waals surface area (Å²) < 4.78 is 49.6. The van der Waals surface area contributed by atoms with Crippen LogP contribution in [0.25, 0.3) is 0 Å². The molecule has 2 aromatic rings. The van der Waals surface area contributed by atoms with Gasteiger partial charge in [-0.1, -0.05) is 24.6 Å². The van der Waals surface area contributed by atoms with E-state index in [1.165, 1.54) is 28.0 Å². The third-order valence-corrected chi connectivity index (χ3v) is 6.91. The third-order valence-electron chi connectivity index (χ3n) is 6.55. The maximum Gasteiger partial charge on any atom is 0.408 e. The molecular formula is C23H29ClF3N5O2. The Kier molecular flexibility index (Phi) is 7.49. The molecule has 0 N–H and O–H groups in total. The lowest BCUT2D eigenvalue weighted by molar-refractivity contribution is -0.188. The van der Waals surface area contributed by atoms with E-state index < -0.39 is 24.0 Å². The molecule has 0 saturated carbocycles. The minimum Gasteiger partial charge on any atom is -0.364 e. The van der Waals surface area contributed by atoms with Crippen LogP contribution in [0.1, 0.15) is 56.6 Å². The number of hydrogen-bond acceptors (Lipinski definition) is 6. The Hall–Kier alpha value is -2.17. The van der Waals surface area contributed by atoms with Gasteiger partial charge in [0.25, 0.3) is 5.56 Å². The van der Waals surface area contributed by atoms with Gasteiger partial charge in [-0.25, -0.2) is 0 Å². The van der Waals surface area contributed by atoms with Gasteiger partial charge < -0.3 is 9.64 Å². The molecule has 186 valence electrons. The summed E-state index contributed by atoms with van der Waals surface area (Å²) in [5.74, 6) is 0. The Bertz CT molecular complexity index is 1060. The van der Waals surface area contributed by atoms with Crippen molar-refractivity contribution in [1.82, 2.24) is 19.7 Å². The topological polar surface area (TPSA) is 63.5 Å². The van der Waals surface area contributed by atoms with Gasteiger partial charge in [0.2, 0.25) is 0 Å². The van der Waals surface area contributed by atoms with Crippen LogP contribution in [-0.4, -0.2) is 58.1 Å². The highest BCUT2D eigenvalue weighted by Crippen LogP contribution is 2.40. The molecule has 0 spiro atoms. The highest BCUT2D eigenvalue weighted by atomic mass is 35.5. The van der Waals surface area contributed by atoms with E-state index in [1.807, 2.05) is 11.8 Å². The van der Waals surface area contributed by atoms with Gasteiger partial charge in [-0.15, -0.1) is 0 Å². The fraction of sp³-hybridized carbons (Fsp3) is 0.609. The van der Waals surface area contributed by atoms with E-state index in [2.05, 4.69) is 10.1 Å². The number of ether oxygens (including phenoxy) is 1. The maximum atomic E-state index is 14.2. The second-order valence-electron chi connectivity index (χ2n) is 8.79. The minimum absolute atomic E-state index is 0.0115. The third kappa shape index (κ3) is 4.94. The first-order chi connectivity index (χ1) is 16.2. The number of aryl methyl sites for hydroxylation is 1. The van der Waals surface area contributed by atoms with Gasteiger partial charge >= 0.3 is 6.18 Å². The summed E-state index contributed by atoms with van der Waals surface area (Å²) in [5, 5.41) is 4.30. The Morgan fingerprint density at radius 2 is 2.09 bits per heavy atom. The summed E-state index contributed by atoms with van der Waals surface area (Å²) in [7, 11) is 0. The van der Waals surface area contributed by atoms with Gasteiger partial charge in [0.1, 0.15) is 11.1 Å². The summed E-state index contributed by atoms with van der Waals surface area (Å²) in [6, 6.07) is 0.990. The van der Waals surface area contributed by atoms with Crippen molar-refractivity contribution in [3.8, 4) is 0 Å². The van der Waals surface area contributed by atoms with E-state index >= 15 is 0 Å². The summed E-state index contributed by atoms with van der Waals surface area (Å²) >= 11 is 6.45. The number of pyridine rings is 1. The van der Waals surface area contributed by atoms with Crippen LogP contribution in [0.2, 0.25) is 5.02 Å². The molecule has 11 heteroatoms. The van der Waals surface area contributed by atoms with E-state index in [0.29, 0.717) is 30.8 Å². The normalized spacial score (nSPS) is 23.2. The van der Waals surface area contributed by atoms with E-state index in [0.717, 1.165) is 12.8 Å². The molecule has 0 aliphatic carbocycles. The fourth-order valence-electron chi connectivity index (χ4n) is 4.91. The van der Waals surface area contributed by atoms with Crippen molar-refractivity contribution >= 4 is 17.3 Å². The molecule has 0 amide bonds. The van der Waals surface area contributed by atoms with E-state index in [1.54, 1.807) is 13.0 Å². The molecule has 2 aliphatic rings. The molecule has 2 aromatic heterocycles. The second kappa shape index (κ2) is 10.2. The van der Waals surface area contributed by atoms with Crippen LogP contribution < -0.4 is 10.5 Å². The molecule has 4 heterocycles. The molecular weight excluding hydrogens is 471 g/mol. The van der Waals surface area contributed by atoms with Gasteiger partial charge in [-0.3, -0.25) is 14.7 Å². The molecule has 0 radical (unpaired) electrons. The summed E-state index contributed by atoms with van der Waals surface area (Å²) in [4.78, 5) is 20.4. The Balaban J connectivity index is 1.57. The Morgan fingerprint density at radius 3 is 2.74 bits per heavy atom. The molecule has 34 heavy (non-hydrogen) atoms. The van der Waals surface area contributed by atoms with E-state index in [4.69, 9.17) is 16.3 Å². The quantitative estimate of drug-likeness (QED) is 0.609. The number of halogens is 4. The smallest absolute Gasteiger partial charge is 0.364 e. The SMILES string of the molecule is CCc1ncccc1C(N1CCN(c2cnn(C3CCCCO3)c(=O)c2Cl)[C@H](C)C1)C(F)(F)F. The molecule has 2 fully saturated rings. The summed E-state index contributed by atoms with van der Waals surface area (Å²) in [6.07, 6.45) is 1.13. The highest BCUT2D eigenvalue weighted by molar-refractivity contribution is 6.33. The van der Waals surface area contributed by atoms with Crippen molar-refractivity contribution in [2.45, 2.75) is 64.0 Å². The molecule has 4 rings (SSSR count). The van der Waals surface area contributed by atoms with Gasteiger partial charge in [-0.2, -0.15) is 23.0 Å². The lowest BCUT2D eigenvalue weighted by Gasteiger charge is -2.45. The van der Waals surface area contributed by atoms with Crippen LogP contribution in [0.4, 0.5) is 18.9 Å². The maximum absolute atomic E-state index is 14.2. The minimum atomic E-state index is -4.45. The van der Waals surface area contributed by atoms with Crippen molar-refractivity contribution in [3.63, 3.8) is 0 Å². The van der Waals surface area contributed by atoms with Gasteiger partial charge in [0.15, 0.2) is 6.23 Å². The molecule has 2 aliphatic heterocycles. The Labute approximate surface area is 201 Å². The van der Waals surface area contributed by atoms with Crippen molar-refractivity contribution in [2.24, 2.45) is 0 Å². The predicted molar refractivity (Wildman–Crippen MR) is 123 cm³/mol. The average molecular weight is 500 g/mol. The number of aromatic nitrogens is 3. The number of hydrogen-bond donors (Lipinski definition) is 0. The number of alkyl halides is 3. The fourth-order valence-corrected chi connectivity index (χ4v) is 5.16. The largest absolute Gasteiger partial charge is 0.408 e. The lowest BCUT2D eigenvalue weighted by Crippen LogP contribution is -2.55. The van der Waals surface area contributed by atoms with Crippen LogP contribution in [0.5, 0.6) is 0 Å². The number of rotatable bonds is 5. The van der Waals surface area contributed by atoms with Gasteiger partial charge in [0.05, 0.1) is 11.9 Å². The lowest BCUT2D eigenvalue weighted by atomic mass is 9.99. The first-order valence-corrected chi connectivity index (χ1v) is 12.0. The van der Waals surface area contributed by atoms with Crippen molar-refractivity contribution in [3.05, 3.63) is 51.2 Å².